The van der Waals surface area contributed by atoms with E-state index in [2.05, 4.69) is 10.6 Å². The summed E-state index contributed by atoms with van der Waals surface area (Å²) in [5, 5.41) is 6.02. The summed E-state index contributed by atoms with van der Waals surface area (Å²) < 4.78 is 0. The Morgan fingerprint density at radius 1 is 1.25 bits per heavy atom. The minimum absolute atomic E-state index is 0. The Kier molecular flexibility index (Phi) is 11.5. The molecule has 20 heavy (non-hydrogen) atoms. The summed E-state index contributed by atoms with van der Waals surface area (Å²) in [7, 11) is 0. The van der Waals surface area contributed by atoms with E-state index in [-0.39, 0.29) is 36.8 Å². The van der Waals surface area contributed by atoms with Gasteiger partial charge in [-0.1, -0.05) is 18.2 Å². The summed E-state index contributed by atoms with van der Waals surface area (Å²) in [6, 6.07) is 6.20. The number of hydrogen-bond acceptors (Lipinski definition) is 3. The molecule has 0 aliphatic rings. The molecule has 1 rings (SSSR count). The quantitative estimate of drug-likeness (QED) is 0.753. The number of anilines is 1. The Balaban J connectivity index is 0. The van der Waals surface area contributed by atoms with E-state index < -0.39 is 0 Å². The zero-order chi connectivity index (χ0) is 13.5. The third-order valence-electron chi connectivity index (χ3n) is 2.83. The van der Waals surface area contributed by atoms with Gasteiger partial charge in [-0.15, -0.1) is 24.8 Å². The molecule has 0 bridgehead atoms. The van der Waals surface area contributed by atoms with Gasteiger partial charge in [0, 0.05) is 18.3 Å². The van der Waals surface area contributed by atoms with E-state index in [1.54, 1.807) is 0 Å². The molecule has 116 valence electrons. The maximum absolute atomic E-state index is 11.6. The molecule has 0 saturated heterocycles. The van der Waals surface area contributed by atoms with Gasteiger partial charge in [-0.2, -0.15) is 0 Å². The molecule has 0 fully saturated rings. The molecule has 0 radical (unpaired) electrons. The first kappa shape index (κ1) is 21.3. The van der Waals surface area contributed by atoms with Gasteiger partial charge in [0.1, 0.15) is 0 Å². The van der Waals surface area contributed by atoms with E-state index in [1.807, 2.05) is 39.0 Å². The van der Waals surface area contributed by atoms with Crippen molar-refractivity contribution in [3.8, 4) is 0 Å². The summed E-state index contributed by atoms with van der Waals surface area (Å²) in [4.78, 5) is 11.6. The number of rotatable bonds is 6. The zero-order valence-electron chi connectivity index (χ0n) is 12.2. The first-order chi connectivity index (χ1) is 8.50. The summed E-state index contributed by atoms with van der Waals surface area (Å²) in [5.74, 6) is -0.00157. The van der Waals surface area contributed by atoms with Crippen molar-refractivity contribution in [1.82, 2.24) is 5.32 Å². The monoisotopic (exact) mass is 321 g/mol. The van der Waals surface area contributed by atoms with Crippen molar-refractivity contribution in [1.29, 1.82) is 0 Å². The third kappa shape index (κ3) is 7.58. The first-order valence-corrected chi connectivity index (χ1v) is 6.33. The molecule has 1 unspecified atom stereocenters. The van der Waals surface area contributed by atoms with Crippen LogP contribution in [0.4, 0.5) is 5.69 Å². The van der Waals surface area contributed by atoms with Crippen LogP contribution in [0.2, 0.25) is 0 Å². The highest BCUT2D eigenvalue weighted by molar-refractivity contribution is 5.85. The van der Waals surface area contributed by atoms with Crippen molar-refractivity contribution < 1.29 is 4.79 Å². The van der Waals surface area contributed by atoms with E-state index >= 15 is 0 Å². The summed E-state index contributed by atoms with van der Waals surface area (Å²) in [6.07, 6.45) is 0.801. The molecular formula is C14H25Cl2N3O. The van der Waals surface area contributed by atoms with Crippen LogP contribution in [0.15, 0.2) is 18.2 Å². The molecule has 0 aromatic heterocycles. The third-order valence-corrected chi connectivity index (χ3v) is 2.83. The number of nitrogens with one attached hydrogen (secondary N) is 2. The van der Waals surface area contributed by atoms with Crippen molar-refractivity contribution in [2.24, 2.45) is 5.73 Å². The summed E-state index contributed by atoms with van der Waals surface area (Å²) in [6.45, 7) is 6.92. The molecule has 1 aromatic rings. The van der Waals surface area contributed by atoms with Crippen molar-refractivity contribution in [3.05, 3.63) is 29.3 Å². The van der Waals surface area contributed by atoms with Gasteiger partial charge in [0.15, 0.2) is 0 Å². The molecule has 6 heteroatoms. The van der Waals surface area contributed by atoms with Gasteiger partial charge in [-0.05, 0) is 38.3 Å². The second-order valence-electron chi connectivity index (χ2n) is 4.74. The van der Waals surface area contributed by atoms with Gasteiger partial charge >= 0.3 is 0 Å². The normalized spacial score (nSPS) is 10.8. The van der Waals surface area contributed by atoms with Crippen LogP contribution in [-0.4, -0.2) is 25.0 Å². The van der Waals surface area contributed by atoms with Crippen molar-refractivity contribution in [2.75, 3.05) is 18.4 Å². The van der Waals surface area contributed by atoms with E-state index in [0.29, 0.717) is 13.1 Å². The van der Waals surface area contributed by atoms with Crippen LogP contribution in [-0.2, 0) is 4.79 Å². The van der Waals surface area contributed by atoms with Gasteiger partial charge in [-0.25, -0.2) is 0 Å². The number of amides is 1. The Labute approximate surface area is 133 Å². The fourth-order valence-electron chi connectivity index (χ4n) is 1.76. The Bertz CT molecular complexity index is 391. The molecule has 0 spiro atoms. The van der Waals surface area contributed by atoms with E-state index in [4.69, 9.17) is 5.73 Å². The van der Waals surface area contributed by atoms with Crippen LogP contribution in [0, 0.1) is 13.8 Å². The molecule has 1 amide bonds. The number of nitrogens with two attached hydrogens (primary N) is 1. The molecule has 1 atom stereocenters. The lowest BCUT2D eigenvalue weighted by atomic mass is 10.1. The average Bonchev–Trinajstić information content (AvgIpc) is 2.27. The highest BCUT2D eigenvalue weighted by Crippen LogP contribution is 2.18. The Hall–Kier alpha value is -0.970. The van der Waals surface area contributed by atoms with E-state index in [9.17, 15) is 4.79 Å². The fraction of sp³-hybridized carbons (Fsp3) is 0.500. The molecule has 4 nitrogen and oxygen atoms in total. The predicted molar refractivity (Wildman–Crippen MR) is 90.2 cm³/mol. The van der Waals surface area contributed by atoms with Crippen LogP contribution in [0.5, 0.6) is 0 Å². The number of benzene rings is 1. The second-order valence-corrected chi connectivity index (χ2v) is 4.74. The lowest BCUT2D eigenvalue weighted by Crippen LogP contribution is -2.33. The van der Waals surface area contributed by atoms with E-state index in [1.165, 1.54) is 0 Å². The lowest BCUT2D eigenvalue weighted by Gasteiger charge is -2.13. The predicted octanol–water partition coefficient (Wildman–Crippen LogP) is 2.41. The zero-order valence-corrected chi connectivity index (χ0v) is 13.9. The van der Waals surface area contributed by atoms with E-state index in [0.717, 1.165) is 23.2 Å². The van der Waals surface area contributed by atoms with Crippen LogP contribution < -0.4 is 16.4 Å². The number of carbonyl (C=O) groups is 1. The molecular weight excluding hydrogens is 297 g/mol. The van der Waals surface area contributed by atoms with Crippen LogP contribution in [0.25, 0.3) is 0 Å². The maximum Gasteiger partial charge on any atom is 0.239 e. The number of halogens is 2. The summed E-state index contributed by atoms with van der Waals surface area (Å²) in [5.41, 5.74) is 8.96. The minimum atomic E-state index is -0.00157. The van der Waals surface area contributed by atoms with Gasteiger partial charge < -0.3 is 16.4 Å². The molecule has 0 heterocycles. The van der Waals surface area contributed by atoms with Crippen molar-refractivity contribution >= 4 is 36.4 Å². The second kappa shape index (κ2) is 10.8. The molecule has 1 aromatic carbocycles. The maximum atomic E-state index is 11.6. The number of carbonyl (C=O) groups excluding carboxylic acids is 1. The number of hydrogen-bond donors (Lipinski definition) is 3. The Morgan fingerprint density at radius 2 is 1.80 bits per heavy atom. The topological polar surface area (TPSA) is 67.2 Å². The van der Waals surface area contributed by atoms with Gasteiger partial charge in [-0.3, -0.25) is 4.79 Å². The van der Waals surface area contributed by atoms with Crippen LogP contribution in [0.1, 0.15) is 24.5 Å². The minimum Gasteiger partial charge on any atom is -0.376 e. The molecule has 0 aliphatic heterocycles. The smallest absolute Gasteiger partial charge is 0.239 e. The lowest BCUT2D eigenvalue weighted by molar-refractivity contribution is -0.119. The largest absolute Gasteiger partial charge is 0.376 e. The average molecular weight is 322 g/mol. The van der Waals surface area contributed by atoms with Gasteiger partial charge in [0.25, 0.3) is 0 Å². The number of para-hydroxylation sites is 1. The van der Waals surface area contributed by atoms with Gasteiger partial charge in [0.05, 0.1) is 6.54 Å². The molecule has 0 aliphatic carbocycles. The van der Waals surface area contributed by atoms with Gasteiger partial charge in [0.2, 0.25) is 5.91 Å². The SMILES string of the molecule is Cc1cccc(C)c1NCC(=O)NCCC(C)N.Cl.Cl. The highest BCUT2D eigenvalue weighted by Gasteiger charge is 2.05. The Morgan fingerprint density at radius 3 is 2.30 bits per heavy atom. The van der Waals surface area contributed by atoms with Crippen molar-refractivity contribution in [2.45, 2.75) is 33.2 Å². The highest BCUT2D eigenvalue weighted by atomic mass is 35.5. The standard InChI is InChI=1S/C14H23N3O.2ClH/c1-10-5-4-6-11(2)14(10)17-9-13(18)16-8-7-12(3)15;;/h4-6,12,17H,7-9,15H2,1-3H3,(H,16,18);2*1H. The fourth-order valence-corrected chi connectivity index (χ4v) is 1.76. The summed E-state index contributed by atoms with van der Waals surface area (Å²) >= 11 is 0. The van der Waals surface area contributed by atoms with Crippen LogP contribution in [0.3, 0.4) is 0 Å². The molecule has 0 saturated carbocycles. The van der Waals surface area contributed by atoms with Crippen LogP contribution >= 0.6 is 24.8 Å². The first-order valence-electron chi connectivity index (χ1n) is 6.33. The molecule has 4 N–H and O–H groups in total. The van der Waals surface area contributed by atoms with Crippen molar-refractivity contribution in [3.63, 3.8) is 0 Å². The number of aryl methyl sites for hydroxylation is 2.